The van der Waals surface area contributed by atoms with Crippen LogP contribution in [0.2, 0.25) is 0 Å². The molecule has 0 aliphatic carbocycles. The van der Waals surface area contributed by atoms with Crippen molar-refractivity contribution in [1.82, 2.24) is 15.2 Å². The first kappa shape index (κ1) is 17.7. The Bertz CT molecular complexity index is 634. The molecule has 2 aromatic rings. The zero-order valence-electron chi connectivity index (χ0n) is 14.1. The normalized spacial score (nSPS) is 10.2. The summed E-state index contributed by atoms with van der Waals surface area (Å²) in [5.74, 6) is 1.21. The van der Waals surface area contributed by atoms with Crippen molar-refractivity contribution in [2.75, 3.05) is 27.3 Å². The van der Waals surface area contributed by atoms with Crippen LogP contribution in [0.3, 0.4) is 0 Å². The van der Waals surface area contributed by atoms with Crippen LogP contribution in [0.1, 0.15) is 12.0 Å². The fourth-order valence-electron chi connectivity index (χ4n) is 2.11. The SMILES string of the molecule is COCCCNC(=O)N(C)Cc1cccnc1Oc1ccccc1. The molecular weight excluding hydrogens is 306 g/mol. The second-order valence-corrected chi connectivity index (χ2v) is 5.32. The molecule has 0 spiro atoms. The number of pyridine rings is 1. The number of methoxy groups -OCH3 is 1. The molecule has 0 saturated heterocycles. The monoisotopic (exact) mass is 329 g/mol. The first-order chi connectivity index (χ1) is 11.7. The van der Waals surface area contributed by atoms with E-state index in [-0.39, 0.29) is 6.03 Å². The van der Waals surface area contributed by atoms with Crippen molar-refractivity contribution >= 4 is 6.03 Å². The molecule has 0 atom stereocenters. The van der Waals surface area contributed by atoms with E-state index in [0.29, 0.717) is 31.3 Å². The Morgan fingerprint density at radius 1 is 1.21 bits per heavy atom. The van der Waals surface area contributed by atoms with Crippen molar-refractivity contribution in [1.29, 1.82) is 0 Å². The van der Waals surface area contributed by atoms with E-state index in [2.05, 4.69) is 10.3 Å². The number of nitrogens with zero attached hydrogens (tertiary/aromatic N) is 2. The highest BCUT2D eigenvalue weighted by Crippen LogP contribution is 2.23. The van der Waals surface area contributed by atoms with Crippen LogP contribution >= 0.6 is 0 Å². The molecule has 6 heteroatoms. The van der Waals surface area contributed by atoms with Crippen LogP contribution in [0.15, 0.2) is 48.7 Å². The summed E-state index contributed by atoms with van der Waals surface area (Å²) in [7, 11) is 3.38. The number of rotatable bonds is 8. The molecule has 24 heavy (non-hydrogen) atoms. The summed E-state index contributed by atoms with van der Waals surface area (Å²) in [5.41, 5.74) is 0.843. The molecule has 6 nitrogen and oxygen atoms in total. The Labute approximate surface area is 142 Å². The first-order valence-electron chi connectivity index (χ1n) is 7.85. The Hall–Kier alpha value is -2.60. The second kappa shape index (κ2) is 9.52. The van der Waals surface area contributed by atoms with E-state index in [4.69, 9.17) is 9.47 Å². The number of hydrogen-bond donors (Lipinski definition) is 1. The fraction of sp³-hybridized carbons (Fsp3) is 0.333. The van der Waals surface area contributed by atoms with Gasteiger partial charge in [0.15, 0.2) is 0 Å². The maximum Gasteiger partial charge on any atom is 0.317 e. The van der Waals surface area contributed by atoms with Gasteiger partial charge in [-0.15, -0.1) is 0 Å². The number of benzene rings is 1. The molecule has 2 rings (SSSR count). The molecule has 0 radical (unpaired) electrons. The summed E-state index contributed by atoms with van der Waals surface area (Å²) in [6.45, 7) is 1.62. The van der Waals surface area contributed by atoms with Crippen LogP contribution in [0.4, 0.5) is 4.79 Å². The molecular formula is C18H23N3O3. The third-order valence-corrected chi connectivity index (χ3v) is 3.36. The van der Waals surface area contributed by atoms with Gasteiger partial charge in [-0.1, -0.05) is 24.3 Å². The minimum Gasteiger partial charge on any atom is -0.439 e. The highest BCUT2D eigenvalue weighted by atomic mass is 16.5. The van der Waals surface area contributed by atoms with Gasteiger partial charge in [0, 0.05) is 39.1 Å². The van der Waals surface area contributed by atoms with Gasteiger partial charge >= 0.3 is 6.03 Å². The van der Waals surface area contributed by atoms with Gasteiger partial charge in [0.25, 0.3) is 0 Å². The molecule has 128 valence electrons. The van der Waals surface area contributed by atoms with Crippen molar-refractivity contribution in [2.45, 2.75) is 13.0 Å². The fourth-order valence-corrected chi connectivity index (χ4v) is 2.11. The van der Waals surface area contributed by atoms with Crippen LogP contribution in [-0.4, -0.2) is 43.2 Å². The summed E-state index contributed by atoms with van der Waals surface area (Å²) < 4.78 is 10.8. The van der Waals surface area contributed by atoms with Crippen LogP contribution < -0.4 is 10.1 Å². The highest BCUT2D eigenvalue weighted by molar-refractivity contribution is 5.73. The van der Waals surface area contributed by atoms with E-state index in [9.17, 15) is 4.79 Å². The summed E-state index contributed by atoms with van der Waals surface area (Å²) in [6.07, 6.45) is 2.46. The molecule has 0 unspecified atom stereocenters. The number of aromatic nitrogens is 1. The number of carbonyl (C=O) groups excluding carboxylic acids is 1. The van der Waals surface area contributed by atoms with E-state index >= 15 is 0 Å². The average Bonchev–Trinajstić information content (AvgIpc) is 2.61. The van der Waals surface area contributed by atoms with Gasteiger partial charge < -0.3 is 19.7 Å². The Morgan fingerprint density at radius 2 is 2.00 bits per heavy atom. The Morgan fingerprint density at radius 3 is 2.75 bits per heavy atom. The van der Waals surface area contributed by atoms with Crippen LogP contribution in [0, 0.1) is 0 Å². The standard InChI is InChI=1S/C18H23N3O3/c1-21(18(22)20-12-7-13-23-2)14-15-8-6-11-19-17(15)24-16-9-4-3-5-10-16/h3-6,8-11H,7,12-14H2,1-2H3,(H,20,22). The molecule has 0 saturated carbocycles. The van der Waals surface area contributed by atoms with Crippen LogP contribution in [-0.2, 0) is 11.3 Å². The van der Waals surface area contributed by atoms with Gasteiger partial charge in [0.05, 0.1) is 6.54 Å². The number of carbonyl (C=O) groups is 1. The molecule has 1 aromatic carbocycles. The molecule has 1 heterocycles. The van der Waals surface area contributed by atoms with Crippen molar-refractivity contribution in [2.24, 2.45) is 0 Å². The zero-order valence-corrected chi connectivity index (χ0v) is 14.1. The van der Waals surface area contributed by atoms with Crippen molar-refractivity contribution in [3.8, 4) is 11.6 Å². The molecule has 0 fully saturated rings. The largest absolute Gasteiger partial charge is 0.439 e. The summed E-state index contributed by atoms with van der Waals surface area (Å²) in [4.78, 5) is 18.0. The van der Waals surface area contributed by atoms with Crippen LogP contribution in [0.5, 0.6) is 11.6 Å². The lowest BCUT2D eigenvalue weighted by Crippen LogP contribution is -2.37. The number of urea groups is 1. The van der Waals surface area contributed by atoms with Crippen molar-refractivity contribution in [3.05, 3.63) is 54.2 Å². The minimum atomic E-state index is -0.138. The lowest BCUT2D eigenvalue weighted by Gasteiger charge is -2.19. The van der Waals surface area contributed by atoms with Crippen molar-refractivity contribution < 1.29 is 14.3 Å². The minimum absolute atomic E-state index is 0.138. The van der Waals surface area contributed by atoms with Crippen LogP contribution in [0.25, 0.3) is 0 Å². The van der Waals surface area contributed by atoms with E-state index in [1.54, 1.807) is 25.3 Å². The predicted molar refractivity (Wildman–Crippen MR) is 92.1 cm³/mol. The molecule has 2 amide bonds. The molecule has 1 N–H and O–H groups in total. The number of ether oxygens (including phenoxy) is 2. The summed E-state index contributed by atoms with van der Waals surface area (Å²) in [6, 6.07) is 13.1. The number of hydrogen-bond acceptors (Lipinski definition) is 4. The van der Waals surface area contributed by atoms with Crippen molar-refractivity contribution in [3.63, 3.8) is 0 Å². The third kappa shape index (κ3) is 5.55. The van der Waals surface area contributed by atoms with E-state index < -0.39 is 0 Å². The highest BCUT2D eigenvalue weighted by Gasteiger charge is 2.13. The van der Waals surface area contributed by atoms with E-state index in [1.807, 2.05) is 42.5 Å². The van der Waals surface area contributed by atoms with Gasteiger partial charge in [-0.2, -0.15) is 0 Å². The molecule has 0 bridgehead atoms. The zero-order chi connectivity index (χ0) is 17.2. The topological polar surface area (TPSA) is 63.7 Å². The van der Waals surface area contributed by atoms with Gasteiger partial charge in [-0.25, -0.2) is 9.78 Å². The summed E-state index contributed by atoms with van der Waals surface area (Å²) >= 11 is 0. The Balaban J connectivity index is 1.95. The van der Waals surface area contributed by atoms with Gasteiger partial charge in [-0.05, 0) is 24.6 Å². The maximum absolute atomic E-state index is 12.1. The number of nitrogens with one attached hydrogen (secondary N) is 1. The summed E-state index contributed by atoms with van der Waals surface area (Å²) in [5, 5.41) is 2.85. The molecule has 1 aromatic heterocycles. The first-order valence-corrected chi connectivity index (χ1v) is 7.85. The molecule has 0 aliphatic rings. The van der Waals surface area contributed by atoms with Gasteiger partial charge in [-0.3, -0.25) is 0 Å². The van der Waals surface area contributed by atoms with Gasteiger partial charge in [0.1, 0.15) is 5.75 Å². The van der Waals surface area contributed by atoms with E-state index in [1.165, 1.54) is 0 Å². The van der Waals surface area contributed by atoms with Gasteiger partial charge in [0.2, 0.25) is 5.88 Å². The Kier molecular flexibility index (Phi) is 7.04. The third-order valence-electron chi connectivity index (χ3n) is 3.36. The number of para-hydroxylation sites is 1. The molecule has 0 aliphatic heterocycles. The quantitative estimate of drug-likeness (QED) is 0.756. The smallest absolute Gasteiger partial charge is 0.317 e. The maximum atomic E-state index is 12.1. The second-order valence-electron chi connectivity index (χ2n) is 5.32. The van der Waals surface area contributed by atoms with E-state index in [0.717, 1.165) is 12.0 Å². The lowest BCUT2D eigenvalue weighted by atomic mass is 10.2. The lowest BCUT2D eigenvalue weighted by molar-refractivity contribution is 0.188. The average molecular weight is 329 g/mol. The number of amides is 2. The predicted octanol–water partition coefficient (Wildman–Crippen LogP) is 3.05.